The lowest BCUT2D eigenvalue weighted by molar-refractivity contribution is 0.283. The molecule has 0 aliphatic carbocycles. The van der Waals surface area contributed by atoms with E-state index in [1.165, 1.54) is 0 Å². The van der Waals surface area contributed by atoms with Crippen molar-refractivity contribution in [3.63, 3.8) is 0 Å². The number of ether oxygens (including phenoxy) is 3. The van der Waals surface area contributed by atoms with Gasteiger partial charge in [0.1, 0.15) is 18.2 Å². The highest BCUT2D eigenvalue weighted by Crippen LogP contribution is 2.30. The average molecular weight is 394 g/mol. The van der Waals surface area contributed by atoms with Crippen LogP contribution in [0.4, 0.5) is 11.8 Å². The Labute approximate surface area is 170 Å². The third-order valence-electron chi connectivity index (χ3n) is 4.33. The predicted octanol–water partition coefficient (Wildman–Crippen LogP) is 3.61. The van der Waals surface area contributed by atoms with Gasteiger partial charge in [0.25, 0.3) is 0 Å². The van der Waals surface area contributed by atoms with Crippen LogP contribution in [0.15, 0.2) is 48.7 Å². The van der Waals surface area contributed by atoms with Crippen LogP contribution >= 0.6 is 0 Å². The molecule has 7 heteroatoms. The van der Waals surface area contributed by atoms with Crippen molar-refractivity contribution in [2.45, 2.75) is 26.4 Å². The zero-order valence-corrected chi connectivity index (χ0v) is 16.7. The number of anilines is 2. The van der Waals surface area contributed by atoms with E-state index >= 15 is 0 Å². The van der Waals surface area contributed by atoms with Gasteiger partial charge in [0.2, 0.25) is 5.95 Å². The van der Waals surface area contributed by atoms with Gasteiger partial charge in [0.05, 0.1) is 13.7 Å². The molecule has 3 rings (SSSR count). The van der Waals surface area contributed by atoms with Crippen molar-refractivity contribution >= 4 is 11.8 Å². The van der Waals surface area contributed by atoms with Crippen LogP contribution in [0.2, 0.25) is 0 Å². The summed E-state index contributed by atoms with van der Waals surface area (Å²) in [5, 5.41) is 0. The third kappa shape index (κ3) is 5.51. The second-order valence-corrected chi connectivity index (χ2v) is 6.58. The number of nitrogens with two attached hydrogens (primary N) is 2. The average Bonchev–Trinajstić information content (AvgIpc) is 2.74. The SMILES string of the molecule is CCCOc1ccc(COc2ccc(Cc3cnc(N)nc3N)cc2OC)cc1. The van der Waals surface area contributed by atoms with E-state index in [0.717, 1.165) is 28.9 Å². The number of rotatable bonds is 9. The Balaban J connectivity index is 1.65. The quantitative estimate of drug-likeness (QED) is 0.571. The molecular formula is C22H26N4O3. The van der Waals surface area contributed by atoms with Crippen molar-refractivity contribution in [3.05, 3.63) is 65.4 Å². The lowest BCUT2D eigenvalue weighted by Gasteiger charge is -2.13. The van der Waals surface area contributed by atoms with E-state index in [1.54, 1.807) is 13.3 Å². The first-order valence-electron chi connectivity index (χ1n) is 9.47. The maximum Gasteiger partial charge on any atom is 0.221 e. The van der Waals surface area contributed by atoms with Gasteiger partial charge in [-0.1, -0.05) is 25.1 Å². The Morgan fingerprint density at radius 2 is 1.69 bits per heavy atom. The minimum atomic E-state index is 0.164. The van der Waals surface area contributed by atoms with E-state index in [4.69, 9.17) is 25.7 Å². The molecule has 0 saturated carbocycles. The van der Waals surface area contributed by atoms with Gasteiger partial charge in [0, 0.05) is 18.2 Å². The smallest absolute Gasteiger partial charge is 0.221 e. The molecular weight excluding hydrogens is 368 g/mol. The van der Waals surface area contributed by atoms with Gasteiger partial charge < -0.3 is 25.7 Å². The summed E-state index contributed by atoms with van der Waals surface area (Å²) in [6.07, 6.45) is 3.20. The van der Waals surface area contributed by atoms with Crippen molar-refractivity contribution in [1.82, 2.24) is 9.97 Å². The molecule has 0 aliphatic heterocycles. The molecule has 0 aliphatic rings. The van der Waals surface area contributed by atoms with E-state index in [2.05, 4.69) is 16.9 Å². The van der Waals surface area contributed by atoms with Gasteiger partial charge in [0.15, 0.2) is 11.5 Å². The molecule has 0 spiro atoms. The fourth-order valence-corrected chi connectivity index (χ4v) is 2.79. The largest absolute Gasteiger partial charge is 0.494 e. The first kappa shape index (κ1) is 20.3. The molecule has 7 nitrogen and oxygen atoms in total. The Morgan fingerprint density at radius 3 is 2.38 bits per heavy atom. The molecule has 0 bridgehead atoms. The molecule has 2 aromatic carbocycles. The van der Waals surface area contributed by atoms with Crippen LogP contribution in [0.3, 0.4) is 0 Å². The lowest BCUT2D eigenvalue weighted by atomic mass is 10.1. The monoisotopic (exact) mass is 394 g/mol. The highest BCUT2D eigenvalue weighted by atomic mass is 16.5. The first-order valence-corrected chi connectivity index (χ1v) is 9.47. The molecule has 0 amide bonds. The number of methoxy groups -OCH3 is 1. The van der Waals surface area contributed by atoms with E-state index in [9.17, 15) is 0 Å². The molecule has 0 atom stereocenters. The van der Waals surface area contributed by atoms with E-state index in [-0.39, 0.29) is 5.95 Å². The zero-order chi connectivity index (χ0) is 20.6. The maximum atomic E-state index is 5.95. The Kier molecular flexibility index (Phi) is 6.73. The van der Waals surface area contributed by atoms with Crippen LogP contribution in [0.1, 0.15) is 30.0 Å². The van der Waals surface area contributed by atoms with Gasteiger partial charge in [-0.15, -0.1) is 0 Å². The fraction of sp³-hybridized carbons (Fsp3) is 0.273. The third-order valence-corrected chi connectivity index (χ3v) is 4.33. The molecule has 0 saturated heterocycles. The van der Waals surface area contributed by atoms with Gasteiger partial charge >= 0.3 is 0 Å². The van der Waals surface area contributed by atoms with Crippen LogP contribution in [0, 0.1) is 0 Å². The minimum absolute atomic E-state index is 0.164. The number of benzene rings is 2. The summed E-state index contributed by atoms with van der Waals surface area (Å²) >= 11 is 0. The van der Waals surface area contributed by atoms with Gasteiger partial charge in [-0.3, -0.25) is 0 Å². The zero-order valence-electron chi connectivity index (χ0n) is 16.7. The molecule has 1 aromatic heterocycles. The Hall–Kier alpha value is -3.48. The summed E-state index contributed by atoms with van der Waals surface area (Å²) in [7, 11) is 1.62. The Bertz CT molecular complexity index is 945. The maximum absolute atomic E-state index is 5.95. The number of nitrogen functional groups attached to an aromatic ring is 2. The van der Waals surface area contributed by atoms with Crippen LogP contribution < -0.4 is 25.7 Å². The van der Waals surface area contributed by atoms with E-state index in [0.29, 0.717) is 37.0 Å². The number of aromatic nitrogens is 2. The van der Waals surface area contributed by atoms with Gasteiger partial charge in [-0.2, -0.15) is 4.98 Å². The lowest BCUT2D eigenvalue weighted by Crippen LogP contribution is -2.04. The van der Waals surface area contributed by atoms with Crippen LogP contribution in [-0.4, -0.2) is 23.7 Å². The Morgan fingerprint density at radius 1 is 0.931 bits per heavy atom. The van der Waals surface area contributed by atoms with Crippen molar-refractivity contribution in [2.75, 3.05) is 25.2 Å². The van der Waals surface area contributed by atoms with Crippen LogP contribution in [-0.2, 0) is 13.0 Å². The number of hydrogen-bond donors (Lipinski definition) is 2. The fourth-order valence-electron chi connectivity index (χ4n) is 2.79. The summed E-state index contributed by atoms with van der Waals surface area (Å²) in [6.45, 7) is 3.23. The summed E-state index contributed by atoms with van der Waals surface area (Å²) < 4.78 is 17.0. The molecule has 3 aromatic rings. The standard InChI is InChI=1S/C22H26N4O3/c1-3-10-28-18-7-4-15(5-8-18)14-29-19-9-6-16(12-20(19)27-2)11-17-13-25-22(24)26-21(17)23/h4-9,12-13H,3,10-11,14H2,1-2H3,(H4,23,24,25,26). The molecule has 4 N–H and O–H groups in total. The summed E-state index contributed by atoms with van der Waals surface area (Å²) in [6, 6.07) is 13.7. The molecule has 0 fully saturated rings. The molecule has 29 heavy (non-hydrogen) atoms. The second-order valence-electron chi connectivity index (χ2n) is 6.58. The summed E-state index contributed by atoms with van der Waals surface area (Å²) in [5.74, 6) is 2.73. The van der Waals surface area contributed by atoms with Crippen molar-refractivity contribution in [1.29, 1.82) is 0 Å². The second kappa shape index (κ2) is 9.64. The highest BCUT2D eigenvalue weighted by Gasteiger charge is 2.09. The first-order chi connectivity index (χ1) is 14.1. The topological polar surface area (TPSA) is 106 Å². The molecule has 152 valence electrons. The van der Waals surface area contributed by atoms with Gasteiger partial charge in [-0.25, -0.2) is 4.98 Å². The van der Waals surface area contributed by atoms with Crippen LogP contribution in [0.25, 0.3) is 0 Å². The van der Waals surface area contributed by atoms with Crippen LogP contribution in [0.5, 0.6) is 17.2 Å². The molecule has 0 unspecified atom stereocenters. The van der Waals surface area contributed by atoms with Gasteiger partial charge in [-0.05, 0) is 41.8 Å². The summed E-state index contributed by atoms with van der Waals surface area (Å²) in [4.78, 5) is 8.00. The highest BCUT2D eigenvalue weighted by molar-refractivity contribution is 5.48. The predicted molar refractivity (Wildman–Crippen MR) is 113 cm³/mol. The van der Waals surface area contributed by atoms with Crippen molar-refractivity contribution in [3.8, 4) is 17.2 Å². The minimum Gasteiger partial charge on any atom is -0.494 e. The molecule has 1 heterocycles. The van der Waals surface area contributed by atoms with E-state index in [1.807, 2.05) is 42.5 Å². The van der Waals surface area contributed by atoms with Crippen molar-refractivity contribution in [2.24, 2.45) is 0 Å². The number of nitrogens with zero attached hydrogens (tertiary/aromatic N) is 2. The normalized spacial score (nSPS) is 10.6. The molecule has 0 radical (unpaired) electrons. The summed E-state index contributed by atoms with van der Waals surface area (Å²) in [5.41, 5.74) is 14.3. The van der Waals surface area contributed by atoms with E-state index < -0.39 is 0 Å². The van der Waals surface area contributed by atoms with Crippen molar-refractivity contribution < 1.29 is 14.2 Å². The number of hydrogen-bond acceptors (Lipinski definition) is 7.